The number of anilines is 1. The highest BCUT2D eigenvalue weighted by atomic mass is 19.4. The average Bonchev–Trinajstić information content (AvgIpc) is 3.31. The van der Waals surface area contributed by atoms with Crippen molar-refractivity contribution < 1.29 is 17.6 Å². The summed E-state index contributed by atoms with van der Waals surface area (Å²) < 4.78 is 44.2. The molecule has 0 bridgehead atoms. The minimum atomic E-state index is -4.49. The molecule has 0 amide bonds. The van der Waals surface area contributed by atoms with Gasteiger partial charge in [0.1, 0.15) is 5.69 Å². The molecule has 3 heterocycles. The van der Waals surface area contributed by atoms with Crippen LogP contribution < -0.4 is 4.90 Å². The molecule has 1 saturated heterocycles. The van der Waals surface area contributed by atoms with Crippen molar-refractivity contribution in [1.82, 2.24) is 20.2 Å². The third kappa shape index (κ3) is 3.24. The lowest BCUT2D eigenvalue weighted by Crippen LogP contribution is -2.23. The molecule has 0 saturated carbocycles. The smallest absolute Gasteiger partial charge is 0.420 e. The van der Waals surface area contributed by atoms with Gasteiger partial charge in [-0.05, 0) is 24.6 Å². The molecule has 1 atom stereocenters. The highest BCUT2D eigenvalue weighted by Crippen LogP contribution is 2.32. The summed E-state index contributed by atoms with van der Waals surface area (Å²) in [6.07, 6.45) is -2.69. The first kappa shape index (κ1) is 16.5. The van der Waals surface area contributed by atoms with Crippen molar-refractivity contribution in [2.75, 3.05) is 18.0 Å². The van der Waals surface area contributed by atoms with Crippen molar-refractivity contribution in [2.24, 2.45) is 0 Å². The van der Waals surface area contributed by atoms with Crippen LogP contribution in [0.4, 0.5) is 19.1 Å². The van der Waals surface area contributed by atoms with E-state index in [1.165, 1.54) is 0 Å². The van der Waals surface area contributed by atoms with E-state index in [9.17, 15) is 13.2 Å². The second-order valence-corrected chi connectivity index (χ2v) is 5.98. The van der Waals surface area contributed by atoms with Gasteiger partial charge in [0.15, 0.2) is 0 Å². The number of alkyl halides is 3. The molecule has 1 aliphatic heterocycles. The second-order valence-electron chi connectivity index (χ2n) is 5.98. The van der Waals surface area contributed by atoms with Crippen LogP contribution in [0.1, 0.15) is 23.9 Å². The molecular formula is C17H14F3N5O. The van der Waals surface area contributed by atoms with E-state index in [2.05, 4.69) is 20.2 Å². The summed E-state index contributed by atoms with van der Waals surface area (Å²) in [6, 6.07) is 10.2. The van der Waals surface area contributed by atoms with Crippen LogP contribution in [-0.2, 0) is 6.18 Å². The number of hydrogen-bond donors (Lipinski definition) is 0. The second kappa shape index (κ2) is 6.40. The zero-order valence-corrected chi connectivity index (χ0v) is 13.5. The molecule has 9 heteroatoms. The number of rotatable bonds is 3. The molecule has 2 aromatic heterocycles. The fourth-order valence-corrected chi connectivity index (χ4v) is 2.90. The van der Waals surface area contributed by atoms with Gasteiger partial charge in [0.25, 0.3) is 0 Å². The van der Waals surface area contributed by atoms with Crippen LogP contribution in [-0.4, -0.2) is 33.3 Å². The van der Waals surface area contributed by atoms with Gasteiger partial charge in [0.05, 0.1) is 5.92 Å². The number of hydrogen-bond acceptors (Lipinski definition) is 6. The van der Waals surface area contributed by atoms with Crippen LogP contribution in [0, 0.1) is 0 Å². The monoisotopic (exact) mass is 361 g/mol. The van der Waals surface area contributed by atoms with Crippen LogP contribution in [0.3, 0.4) is 0 Å². The first-order valence-electron chi connectivity index (χ1n) is 8.05. The summed E-state index contributed by atoms with van der Waals surface area (Å²) in [6.45, 7) is 0.951. The summed E-state index contributed by atoms with van der Waals surface area (Å²) in [4.78, 5) is 9.29. The summed E-state index contributed by atoms with van der Waals surface area (Å²) >= 11 is 0. The molecule has 0 aliphatic carbocycles. The maximum atomic E-state index is 12.8. The molecule has 1 fully saturated rings. The van der Waals surface area contributed by atoms with Gasteiger partial charge in [-0.15, -0.1) is 10.2 Å². The van der Waals surface area contributed by atoms with Gasteiger partial charge in [0.2, 0.25) is 17.7 Å². The Balaban J connectivity index is 1.50. The predicted molar refractivity (Wildman–Crippen MR) is 86.3 cm³/mol. The largest absolute Gasteiger partial charge is 0.433 e. The zero-order valence-electron chi connectivity index (χ0n) is 13.5. The number of aromatic nitrogens is 4. The van der Waals surface area contributed by atoms with Gasteiger partial charge < -0.3 is 9.32 Å². The van der Waals surface area contributed by atoms with E-state index in [1.54, 1.807) is 4.90 Å². The average molecular weight is 361 g/mol. The molecule has 4 rings (SSSR count). The first-order valence-corrected chi connectivity index (χ1v) is 8.05. The van der Waals surface area contributed by atoms with Crippen molar-refractivity contribution in [1.29, 1.82) is 0 Å². The lowest BCUT2D eigenvalue weighted by molar-refractivity contribution is -0.141. The lowest BCUT2D eigenvalue weighted by Gasteiger charge is -2.16. The summed E-state index contributed by atoms with van der Waals surface area (Å²) in [5.41, 5.74) is -0.127. The van der Waals surface area contributed by atoms with E-state index >= 15 is 0 Å². The zero-order chi connectivity index (χ0) is 18.1. The third-order valence-corrected chi connectivity index (χ3v) is 4.22. The summed E-state index contributed by atoms with van der Waals surface area (Å²) in [7, 11) is 0. The minimum Gasteiger partial charge on any atom is -0.420 e. The molecule has 0 radical (unpaired) electrons. The third-order valence-electron chi connectivity index (χ3n) is 4.22. The Morgan fingerprint density at radius 3 is 2.65 bits per heavy atom. The Morgan fingerprint density at radius 1 is 1.08 bits per heavy atom. The van der Waals surface area contributed by atoms with Gasteiger partial charge in [-0.25, -0.2) is 9.97 Å². The lowest BCUT2D eigenvalue weighted by atomic mass is 10.1. The molecular weight excluding hydrogens is 347 g/mol. The molecule has 26 heavy (non-hydrogen) atoms. The molecule has 1 unspecified atom stereocenters. The molecule has 0 spiro atoms. The van der Waals surface area contributed by atoms with Gasteiger partial charge in [-0.1, -0.05) is 18.2 Å². The van der Waals surface area contributed by atoms with E-state index in [0.29, 0.717) is 31.3 Å². The quantitative estimate of drug-likeness (QED) is 0.711. The van der Waals surface area contributed by atoms with Crippen LogP contribution in [0.15, 0.2) is 47.0 Å². The minimum absolute atomic E-state index is 0.0603. The Kier molecular flexibility index (Phi) is 4.06. The molecule has 3 aromatic rings. The topological polar surface area (TPSA) is 67.9 Å². The Bertz CT molecular complexity index is 897. The van der Waals surface area contributed by atoms with E-state index < -0.39 is 11.9 Å². The normalized spacial score (nSPS) is 17.7. The Labute approximate surface area is 146 Å². The fourth-order valence-electron chi connectivity index (χ4n) is 2.90. The number of halogens is 3. The standard InChI is InChI=1S/C17H14F3N5O/c18-17(19,20)13-6-8-21-16(22-13)25-9-7-12(10-25)15-24-23-14(26-15)11-4-2-1-3-5-11/h1-6,8,12H,7,9-10H2. The SMILES string of the molecule is FC(F)(F)c1ccnc(N2CCC(c3nnc(-c4ccccc4)o3)C2)n1. The molecule has 0 N–H and O–H groups in total. The first-order chi connectivity index (χ1) is 12.5. The molecule has 134 valence electrons. The summed E-state index contributed by atoms with van der Waals surface area (Å²) in [5.74, 6) is 0.885. The predicted octanol–water partition coefficient (Wildman–Crippen LogP) is 3.54. The number of nitrogens with zero attached hydrogens (tertiary/aromatic N) is 5. The Hall–Kier alpha value is -2.97. The highest BCUT2D eigenvalue weighted by Gasteiger charge is 2.35. The Morgan fingerprint density at radius 2 is 1.88 bits per heavy atom. The van der Waals surface area contributed by atoms with E-state index in [-0.39, 0.29) is 11.9 Å². The van der Waals surface area contributed by atoms with Crippen LogP contribution in [0.2, 0.25) is 0 Å². The van der Waals surface area contributed by atoms with Crippen molar-refractivity contribution in [2.45, 2.75) is 18.5 Å². The van der Waals surface area contributed by atoms with Crippen molar-refractivity contribution in [3.8, 4) is 11.5 Å². The maximum Gasteiger partial charge on any atom is 0.433 e. The fraction of sp³-hybridized carbons (Fsp3) is 0.294. The maximum absolute atomic E-state index is 12.8. The van der Waals surface area contributed by atoms with Crippen LogP contribution >= 0.6 is 0 Å². The van der Waals surface area contributed by atoms with Crippen molar-refractivity contribution in [3.63, 3.8) is 0 Å². The van der Waals surface area contributed by atoms with E-state index in [1.807, 2.05) is 30.3 Å². The molecule has 1 aromatic carbocycles. The molecule has 1 aliphatic rings. The van der Waals surface area contributed by atoms with Gasteiger partial charge in [-0.2, -0.15) is 13.2 Å². The van der Waals surface area contributed by atoms with Crippen molar-refractivity contribution in [3.05, 3.63) is 54.2 Å². The van der Waals surface area contributed by atoms with Gasteiger partial charge in [0, 0.05) is 24.8 Å². The van der Waals surface area contributed by atoms with Gasteiger partial charge >= 0.3 is 6.18 Å². The van der Waals surface area contributed by atoms with Crippen LogP contribution in [0.25, 0.3) is 11.5 Å². The highest BCUT2D eigenvalue weighted by molar-refractivity contribution is 5.51. The van der Waals surface area contributed by atoms with E-state index in [0.717, 1.165) is 17.8 Å². The van der Waals surface area contributed by atoms with Crippen LogP contribution in [0.5, 0.6) is 0 Å². The summed E-state index contributed by atoms with van der Waals surface area (Å²) in [5, 5.41) is 8.16. The van der Waals surface area contributed by atoms with Gasteiger partial charge in [-0.3, -0.25) is 0 Å². The van der Waals surface area contributed by atoms with Crippen molar-refractivity contribution >= 4 is 5.95 Å². The van der Waals surface area contributed by atoms with E-state index in [4.69, 9.17) is 4.42 Å². The number of benzene rings is 1. The molecule has 6 nitrogen and oxygen atoms in total.